The van der Waals surface area contributed by atoms with Gasteiger partial charge in [-0.3, -0.25) is 9.69 Å². The molecule has 7 nitrogen and oxygen atoms in total. The summed E-state index contributed by atoms with van der Waals surface area (Å²) in [6, 6.07) is 15.3. The highest BCUT2D eigenvalue weighted by atomic mass is 32.2. The molecule has 2 fully saturated rings. The average Bonchev–Trinajstić information content (AvgIpc) is 3.19. The molecule has 1 unspecified atom stereocenters. The molecule has 2 aromatic carbocycles. The molecule has 1 amide bonds. The van der Waals surface area contributed by atoms with Gasteiger partial charge in [-0.15, -0.1) is 0 Å². The Morgan fingerprint density at radius 2 is 1.94 bits per heavy atom. The van der Waals surface area contributed by atoms with Gasteiger partial charge in [-0.25, -0.2) is 13.1 Å². The molecule has 2 aromatic rings. The SMILES string of the molecule is Cc1cc(N2CCCC2=O)ccc1S(=O)(=O)NCC1CN(Cc2ccccc2)CCO1. The zero-order valence-corrected chi connectivity index (χ0v) is 18.6. The van der Waals surface area contributed by atoms with Gasteiger partial charge in [-0.1, -0.05) is 30.3 Å². The smallest absolute Gasteiger partial charge is 0.240 e. The zero-order valence-electron chi connectivity index (χ0n) is 17.8. The Morgan fingerprint density at radius 1 is 1.13 bits per heavy atom. The van der Waals surface area contributed by atoms with Crippen LogP contribution in [0.25, 0.3) is 0 Å². The number of sulfonamides is 1. The molecule has 4 rings (SSSR count). The molecule has 0 radical (unpaired) electrons. The monoisotopic (exact) mass is 443 g/mol. The Morgan fingerprint density at radius 3 is 2.65 bits per heavy atom. The van der Waals surface area contributed by atoms with Gasteiger partial charge in [0.2, 0.25) is 15.9 Å². The van der Waals surface area contributed by atoms with Crippen LogP contribution in [0.1, 0.15) is 24.0 Å². The van der Waals surface area contributed by atoms with Gasteiger partial charge in [0.05, 0.1) is 17.6 Å². The summed E-state index contributed by atoms with van der Waals surface area (Å²) in [5, 5.41) is 0. The Hall–Kier alpha value is -2.26. The molecular weight excluding hydrogens is 414 g/mol. The van der Waals surface area contributed by atoms with E-state index in [2.05, 4.69) is 21.8 Å². The van der Waals surface area contributed by atoms with Gasteiger partial charge in [-0.05, 0) is 42.7 Å². The van der Waals surface area contributed by atoms with E-state index in [0.29, 0.717) is 31.7 Å². The van der Waals surface area contributed by atoms with Crippen molar-refractivity contribution in [3.63, 3.8) is 0 Å². The second-order valence-corrected chi connectivity index (χ2v) is 9.90. The van der Waals surface area contributed by atoms with Gasteiger partial charge in [0.25, 0.3) is 0 Å². The zero-order chi connectivity index (χ0) is 21.8. The van der Waals surface area contributed by atoms with Crippen LogP contribution in [0.4, 0.5) is 5.69 Å². The highest BCUT2D eigenvalue weighted by Crippen LogP contribution is 2.26. The first-order chi connectivity index (χ1) is 14.9. The molecule has 2 aliphatic heterocycles. The fourth-order valence-corrected chi connectivity index (χ4v) is 5.48. The Bertz CT molecular complexity index is 1030. The molecule has 0 aliphatic carbocycles. The fraction of sp³-hybridized carbons (Fsp3) is 0.435. The number of aryl methyl sites for hydroxylation is 1. The number of rotatable bonds is 7. The molecule has 1 N–H and O–H groups in total. The van der Waals surface area contributed by atoms with Gasteiger partial charge in [0, 0.05) is 44.8 Å². The van der Waals surface area contributed by atoms with Gasteiger partial charge in [0.15, 0.2) is 0 Å². The first kappa shape index (κ1) is 22.0. The minimum absolute atomic E-state index is 0.0858. The summed E-state index contributed by atoms with van der Waals surface area (Å²) >= 11 is 0. The predicted octanol–water partition coefficient (Wildman–Crippen LogP) is 2.30. The van der Waals surface area contributed by atoms with Gasteiger partial charge >= 0.3 is 0 Å². The van der Waals surface area contributed by atoms with Crippen molar-refractivity contribution in [3.8, 4) is 0 Å². The van der Waals surface area contributed by atoms with E-state index in [0.717, 1.165) is 25.2 Å². The second-order valence-electron chi connectivity index (χ2n) is 8.16. The molecule has 0 spiro atoms. The van der Waals surface area contributed by atoms with Crippen molar-refractivity contribution in [2.24, 2.45) is 0 Å². The van der Waals surface area contributed by atoms with E-state index < -0.39 is 10.0 Å². The van der Waals surface area contributed by atoms with Crippen LogP contribution in [0, 0.1) is 6.92 Å². The second kappa shape index (κ2) is 9.48. The number of amides is 1. The van der Waals surface area contributed by atoms with Crippen LogP contribution in [0.15, 0.2) is 53.4 Å². The highest BCUT2D eigenvalue weighted by Gasteiger charge is 2.26. The summed E-state index contributed by atoms with van der Waals surface area (Å²) in [7, 11) is -3.67. The Kier molecular flexibility index (Phi) is 6.71. The van der Waals surface area contributed by atoms with Crippen molar-refractivity contribution in [1.82, 2.24) is 9.62 Å². The number of nitrogens with one attached hydrogen (secondary N) is 1. The van der Waals surface area contributed by atoms with Crippen LogP contribution < -0.4 is 9.62 Å². The molecule has 0 saturated carbocycles. The molecule has 0 aromatic heterocycles. The Labute approximate surface area is 184 Å². The van der Waals surface area contributed by atoms with Crippen LogP contribution >= 0.6 is 0 Å². The van der Waals surface area contributed by atoms with Gasteiger partial charge in [-0.2, -0.15) is 0 Å². The van der Waals surface area contributed by atoms with Crippen LogP contribution in [0.3, 0.4) is 0 Å². The third-order valence-electron chi connectivity index (χ3n) is 5.81. The number of benzene rings is 2. The summed E-state index contributed by atoms with van der Waals surface area (Å²) in [4.78, 5) is 16.2. The van der Waals surface area contributed by atoms with Gasteiger partial charge < -0.3 is 9.64 Å². The predicted molar refractivity (Wildman–Crippen MR) is 119 cm³/mol. The number of hydrogen-bond donors (Lipinski definition) is 1. The minimum Gasteiger partial charge on any atom is -0.374 e. The summed E-state index contributed by atoms with van der Waals surface area (Å²) in [6.45, 7) is 5.57. The van der Waals surface area contributed by atoms with Crippen molar-refractivity contribution < 1.29 is 17.9 Å². The average molecular weight is 444 g/mol. The molecule has 166 valence electrons. The van der Waals surface area contributed by atoms with E-state index in [1.54, 1.807) is 30.0 Å². The van der Waals surface area contributed by atoms with Crippen LogP contribution in [0.5, 0.6) is 0 Å². The maximum Gasteiger partial charge on any atom is 0.240 e. The molecule has 2 aliphatic rings. The molecule has 31 heavy (non-hydrogen) atoms. The molecule has 2 saturated heterocycles. The topological polar surface area (TPSA) is 79.0 Å². The number of ether oxygens (including phenoxy) is 1. The quantitative estimate of drug-likeness (QED) is 0.711. The number of hydrogen-bond acceptors (Lipinski definition) is 5. The lowest BCUT2D eigenvalue weighted by Crippen LogP contribution is -2.47. The highest BCUT2D eigenvalue weighted by molar-refractivity contribution is 7.89. The number of anilines is 1. The standard InChI is InChI=1S/C23H29N3O4S/c1-18-14-20(26-11-5-8-23(26)27)9-10-22(18)31(28,29)24-15-21-17-25(12-13-30-21)16-19-6-3-2-4-7-19/h2-4,6-7,9-10,14,21,24H,5,8,11-13,15-17H2,1H3. The maximum atomic E-state index is 12.9. The first-order valence-electron chi connectivity index (χ1n) is 10.7. The van der Waals surface area contributed by atoms with E-state index >= 15 is 0 Å². The Balaban J connectivity index is 1.37. The number of nitrogens with zero attached hydrogens (tertiary/aromatic N) is 2. The number of carbonyl (C=O) groups excluding carboxylic acids is 1. The van der Waals surface area contributed by atoms with E-state index in [-0.39, 0.29) is 23.5 Å². The molecule has 8 heteroatoms. The summed E-state index contributed by atoms with van der Waals surface area (Å²) in [5.74, 6) is 0.0858. The van der Waals surface area contributed by atoms with E-state index in [4.69, 9.17) is 4.74 Å². The third kappa shape index (κ3) is 5.33. The summed E-state index contributed by atoms with van der Waals surface area (Å²) in [6.07, 6.45) is 1.18. The maximum absolute atomic E-state index is 12.9. The lowest BCUT2D eigenvalue weighted by Gasteiger charge is -2.33. The molecule has 2 heterocycles. The van der Waals surface area contributed by atoms with Crippen LogP contribution in [0.2, 0.25) is 0 Å². The normalized spacial score (nSPS) is 20.4. The summed E-state index contributed by atoms with van der Waals surface area (Å²) < 4.78 is 34.3. The van der Waals surface area contributed by atoms with Gasteiger partial charge in [0.1, 0.15) is 0 Å². The van der Waals surface area contributed by atoms with Crippen LogP contribution in [-0.2, 0) is 26.1 Å². The number of morpholine rings is 1. The lowest BCUT2D eigenvalue weighted by molar-refractivity contribution is -0.117. The van der Waals surface area contributed by atoms with Crippen molar-refractivity contribution in [2.45, 2.75) is 37.3 Å². The van der Waals surface area contributed by atoms with E-state index in [1.807, 2.05) is 18.2 Å². The van der Waals surface area contributed by atoms with Crippen molar-refractivity contribution >= 4 is 21.6 Å². The largest absolute Gasteiger partial charge is 0.374 e. The lowest BCUT2D eigenvalue weighted by atomic mass is 10.2. The van der Waals surface area contributed by atoms with Crippen molar-refractivity contribution in [2.75, 3.05) is 37.7 Å². The first-order valence-corrected chi connectivity index (χ1v) is 12.2. The van der Waals surface area contributed by atoms with Crippen LogP contribution in [-0.4, -0.2) is 58.1 Å². The summed E-state index contributed by atoms with van der Waals surface area (Å²) in [5.41, 5.74) is 2.61. The number of carbonyl (C=O) groups is 1. The fourth-order valence-electron chi connectivity index (χ4n) is 4.19. The minimum atomic E-state index is -3.67. The molecule has 1 atom stereocenters. The molecule has 0 bridgehead atoms. The molecular formula is C23H29N3O4S. The van der Waals surface area contributed by atoms with Crippen molar-refractivity contribution in [3.05, 3.63) is 59.7 Å². The van der Waals surface area contributed by atoms with Crippen molar-refractivity contribution in [1.29, 1.82) is 0 Å². The van der Waals surface area contributed by atoms with E-state index in [1.165, 1.54) is 5.56 Å². The third-order valence-corrected chi connectivity index (χ3v) is 7.39. The van der Waals surface area contributed by atoms with E-state index in [9.17, 15) is 13.2 Å².